The lowest BCUT2D eigenvalue weighted by molar-refractivity contribution is -0.132. The van der Waals surface area contributed by atoms with Crippen molar-refractivity contribution in [3.63, 3.8) is 0 Å². The number of hydrogen-bond acceptors (Lipinski definition) is 4. The van der Waals surface area contributed by atoms with Crippen LogP contribution in [0.1, 0.15) is 63.0 Å². The van der Waals surface area contributed by atoms with Gasteiger partial charge in [0.05, 0.1) is 0 Å². The molecule has 0 spiro atoms. The van der Waals surface area contributed by atoms with Crippen LogP contribution >= 0.6 is 0 Å². The molecule has 3 rings (SSSR count). The Morgan fingerprint density at radius 1 is 1.29 bits per heavy atom. The van der Waals surface area contributed by atoms with E-state index in [1.54, 1.807) is 0 Å². The summed E-state index contributed by atoms with van der Waals surface area (Å²) in [6.45, 7) is 4.36. The number of benzene rings is 1. The minimum absolute atomic E-state index is 0.270. The largest absolute Gasteiger partial charge is 0.426 e. The summed E-state index contributed by atoms with van der Waals surface area (Å²) in [5, 5.41) is 3.29. The average Bonchev–Trinajstić information content (AvgIpc) is 3.23. The Labute approximate surface area is 167 Å². The minimum atomic E-state index is -0.502. The molecule has 0 heterocycles. The fraction of sp³-hybridized carbons (Fsp3) is 0.682. The van der Waals surface area contributed by atoms with E-state index < -0.39 is 5.97 Å². The fourth-order valence-corrected chi connectivity index (χ4v) is 4.82. The Morgan fingerprint density at radius 3 is 2.86 bits per heavy atom. The number of carbonyl (C=O) groups excluding carboxylic acids is 1. The number of nitrogens with zero attached hydrogens (tertiary/aromatic N) is 4. The van der Waals surface area contributed by atoms with Crippen LogP contribution in [0.2, 0.25) is 0 Å². The number of azide groups is 1. The van der Waals surface area contributed by atoms with Gasteiger partial charge in [-0.05, 0) is 73.8 Å². The van der Waals surface area contributed by atoms with E-state index >= 15 is 0 Å². The third kappa shape index (κ3) is 5.49. The third-order valence-electron chi connectivity index (χ3n) is 6.23. The SMILES string of the molecule is CCCN(CCC1CCCC1)C1CCc2c(cccc2OC(=O)CN=[N+]=[N-])C1. The second-order valence-corrected chi connectivity index (χ2v) is 8.13. The van der Waals surface area contributed by atoms with Gasteiger partial charge < -0.3 is 9.64 Å². The maximum absolute atomic E-state index is 11.8. The van der Waals surface area contributed by atoms with Gasteiger partial charge in [-0.3, -0.25) is 4.79 Å². The Bertz CT molecular complexity index is 708. The van der Waals surface area contributed by atoms with Gasteiger partial charge in [0.1, 0.15) is 12.3 Å². The second-order valence-electron chi connectivity index (χ2n) is 8.13. The zero-order chi connectivity index (χ0) is 19.8. The summed E-state index contributed by atoms with van der Waals surface area (Å²) in [5.41, 5.74) is 10.8. The van der Waals surface area contributed by atoms with Crippen LogP contribution in [0.4, 0.5) is 0 Å². The topological polar surface area (TPSA) is 78.3 Å². The molecule has 152 valence electrons. The summed E-state index contributed by atoms with van der Waals surface area (Å²) in [7, 11) is 0. The number of rotatable bonds is 9. The summed E-state index contributed by atoms with van der Waals surface area (Å²) in [4.78, 5) is 17.1. The molecule has 6 nitrogen and oxygen atoms in total. The smallest absolute Gasteiger partial charge is 0.317 e. The zero-order valence-corrected chi connectivity index (χ0v) is 17.0. The maximum atomic E-state index is 11.8. The summed E-state index contributed by atoms with van der Waals surface area (Å²) >= 11 is 0. The predicted octanol–water partition coefficient (Wildman–Crippen LogP) is 5.05. The highest BCUT2D eigenvalue weighted by Gasteiger charge is 2.27. The van der Waals surface area contributed by atoms with Crippen molar-refractivity contribution in [1.29, 1.82) is 0 Å². The highest BCUT2D eigenvalue weighted by molar-refractivity contribution is 5.75. The molecule has 1 saturated carbocycles. The number of ether oxygens (including phenoxy) is 1. The number of carbonyl (C=O) groups is 1. The zero-order valence-electron chi connectivity index (χ0n) is 17.0. The first kappa shape index (κ1) is 20.7. The summed E-state index contributed by atoms with van der Waals surface area (Å²) < 4.78 is 5.46. The first-order valence-electron chi connectivity index (χ1n) is 10.8. The van der Waals surface area contributed by atoms with Crippen LogP contribution in [0.25, 0.3) is 10.4 Å². The number of esters is 1. The van der Waals surface area contributed by atoms with Gasteiger partial charge in [-0.15, -0.1) is 0 Å². The lowest BCUT2D eigenvalue weighted by atomic mass is 9.86. The van der Waals surface area contributed by atoms with Gasteiger partial charge in [0.15, 0.2) is 0 Å². The number of fused-ring (bicyclic) bond motifs is 1. The maximum Gasteiger partial charge on any atom is 0.317 e. The summed E-state index contributed by atoms with van der Waals surface area (Å²) in [6, 6.07) is 6.53. The molecule has 1 aromatic carbocycles. The van der Waals surface area contributed by atoms with E-state index in [0.717, 1.165) is 37.3 Å². The second kappa shape index (κ2) is 10.5. The first-order valence-corrected chi connectivity index (χ1v) is 10.8. The van der Waals surface area contributed by atoms with E-state index in [9.17, 15) is 4.79 Å². The third-order valence-corrected chi connectivity index (χ3v) is 6.23. The molecule has 0 aliphatic heterocycles. The van der Waals surface area contributed by atoms with Gasteiger partial charge in [-0.2, -0.15) is 0 Å². The van der Waals surface area contributed by atoms with E-state index in [2.05, 4.69) is 27.9 Å². The van der Waals surface area contributed by atoms with E-state index in [1.807, 2.05) is 12.1 Å². The molecule has 1 atom stereocenters. The van der Waals surface area contributed by atoms with Crippen molar-refractivity contribution < 1.29 is 9.53 Å². The molecular formula is C22H32N4O2. The molecule has 0 bridgehead atoms. The van der Waals surface area contributed by atoms with Crippen LogP contribution in [0.3, 0.4) is 0 Å². The van der Waals surface area contributed by atoms with Crippen molar-refractivity contribution in [3.05, 3.63) is 39.8 Å². The molecule has 2 aliphatic rings. The molecule has 0 saturated heterocycles. The normalized spacial score (nSPS) is 19.3. The van der Waals surface area contributed by atoms with E-state index in [1.165, 1.54) is 50.6 Å². The number of hydrogen-bond donors (Lipinski definition) is 0. The molecule has 1 fully saturated rings. The van der Waals surface area contributed by atoms with E-state index in [4.69, 9.17) is 10.3 Å². The molecule has 1 unspecified atom stereocenters. The van der Waals surface area contributed by atoms with Crippen molar-refractivity contribution in [1.82, 2.24) is 4.90 Å². The van der Waals surface area contributed by atoms with E-state index in [-0.39, 0.29) is 6.54 Å². The van der Waals surface area contributed by atoms with Crippen LogP contribution in [-0.2, 0) is 17.6 Å². The lowest BCUT2D eigenvalue weighted by Crippen LogP contribution is -2.41. The van der Waals surface area contributed by atoms with Gasteiger partial charge in [0.25, 0.3) is 0 Å². The molecule has 28 heavy (non-hydrogen) atoms. The van der Waals surface area contributed by atoms with Gasteiger partial charge in [-0.25, -0.2) is 0 Å². The lowest BCUT2D eigenvalue weighted by Gasteiger charge is -2.36. The monoisotopic (exact) mass is 384 g/mol. The Morgan fingerprint density at radius 2 is 2.11 bits per heavy atom. The first-order chi connectivity index (χ1) is 13.7. The molecule has 2 aliphatic carbocycles. The molecule has 6 heteroatoms. The van der Waals surface area contributed by atoms with Crippen LogP contribution in [0.5, 0.6) is 5.75 Å². The highest BCUT2D eigenvalue weighted by atomic mass is 16.5. The Hall–Kier alpha value is -2.04. The van der Waals surface area contributed by atoms with Gasteiger partial charge in [-0.1, -0.05) is 49.9 Å². The van der Waals surface area contributed by atoms with Crippen LogP contribution in [0, 0.1) is 5.92 Å². The van der Waals surface area contributed by atoms with Gasteiger partial charge in [0, 0.05) is 11.0 Å². The fourth-order valence-electron chi connectivity index (χ4n) is 4.82. The highest BCUT2D eigenvalue weighted by Crippen LogP contribution is 2.33. The average molecular weight is 385 g/mol. The standard InChI is InChI=1S/C22H32N4O2/c1-2-13-26(14-12-17-6-3-4-7-17)19-10-11-20-18(15-19)8-5-9-21(20)28-22(27)16-24-25-23/h5,8-9,17,19H,2-4,6-7,10-16H2,1H3. The van der Waals surface area contributed by atoms with Crippen molar-refractivity contribution in [2.75, 3.05) is 19.6 Å². The van der Waals surface area contributed by atoms with Crippen LogP contribution in [0.15, 0.2) is 23.3 Å². The molecule has 0 amide bonds. The van der Waals surface area contributed by atoms with Crippen molar-refractivity contribution >= 4 is 5.97 Å². The van der Waals surface area contributed by atoms with Crippen LogP contribution in [-0.4, -0.2) is 36.5 Å². The molecular weight excluding hydrogens is 352 g/mol. The van der Waals surface area contributed by atoms with Gasteiger partial charge in [0.2, 0.25) is 0 Å². The van der Waals surface area contributed by atoms with Crippen molar-refractivity contribution in [3.8, 4) is 5.75 Å². The van der Waals surface area contributed by atoms with E-state index in [0.29, 0.717) is 11.8 Å². The molecule has 1 aromatic rings. The van der Waals surface area contributed by atoms with Crippen molar-refractivity contribution in [2.45, 2.75) is 70.8 Å². The predicted molar refractivity (Wildman–Crippen MR) is 110 cm³/mol. The molecule has 0 N–H and O–H groups in total. The van der Waals surface area contributed by atoms with Gasteiger partial charge >= 0.3 is 5.97 Å². The quantitative estimate of drug-likeness (QED) is 0.196. The Kier molecular flexibility index (Phi) is 7.75. The minimum Gasteiger partial charge on any atom is -0.426 e. The van der Waals surface area contributed by atoms with Crippen LogP contribution < -0.4 is 4.74 Å². The molecule has 0 radical (unpaired) electrons. The summed E-state index contributed by atoms with van der Waals surface area (Å²) in [6.07, 6.45) is 11.2. The summed E-state index contributed by atoms with van der Waals surface area (Å²) in [5.74, 6) is 1.05. The van der Waals surface area contributed by atoms with Crippen molar-refractivity contribution in [2.24, 2.45) is 11.0 Å². The Balaban J connectivity index is 1.64. The molecule has 0 aromatic heterocycles.